The quantitative estimate of drug-likeness (QED) is 0.788. The van der Waals surface area contributed by atoms with Gasteiger partial charge in [-0.25, -0.2) is 4.98 Å². The van der Waals surface area contributed by atoms with Crippen LogP contribution in [0.5, 0.6) is 0 Å². The molecule has 1 unspecified atom stereocenters. The van der Waals surface area contributed by atoms with Gasteiger partial charge in [-0.15, -0.1) is 11.3 Å². The van der Waals surface area contributed by atoms with E-state index in [1.165, 1.54) is 6.42 Å². The molecule has 1 aromatic rings. The van der Waals surface area contributed by atoms with Crippen molar-refractivity contribution in [1.82, 2.24) is 9.88 Å². The van der Waals surface area contributed by atoms with Crippen LogP contribution in [0.15, 0.2) is 10.9 Å². The van der Waals surface area contributed by atoms with Crippen molar-refractivity contribution in [2.45, 2.75) is 38.3 Å². The van der Waals surface area contributed by atoms with E-state index in [9.17, 15) is 4.79 Å². The van der Waals surface area contributed by atoms with Crippen molar-refractivity contribution >= 4 is 17.1 Å². The van der Waals surface area contributed by atoms with E-state index in [1.54, 1.807) is 11.3 Å². The molecule has 0 bridgehead atoms. The zero-order chi connectivity index (χ0) is 10.7. The van der Waals surface area contributed by atoms with E-state index in [0.29, 0.717) is 5.78 Å². The second-order valence-electron chi connectivity index (χ2n) is 4.12. The molecule has 1 aliphatic carbocycles. The number of thiazole rings is 1. The number of carbonyl (C=O) groups excluding carboxylic acids is 1. The summed E-state index contributed by atoms with van der Waals surface area (Å²) >= 11 is 1.61. The molecule has 15 heavy (non-hydrogen) atoms. The van der Waals surface area contributed by atoms with Gasteiger partial charge in [-0.2, -0.15) is 0 Å². The van der Waals surface area contributed by atoms with Crippen LogP contribution in [0.3, 0.4) is 0 Å². The van der Waals surface area contributed by atoms with Crippen molar-refractivity contribution in [3.05, 3.63) is 16.6 Å². The summed E-state index contributed by atoms with van der Waals surface area (Å²) in [6, 6.07) is 0.125. The number of nitrogens with zero attached hydrogens (tertiary/aromatic N) is 2. The Morgan fingerprint density at radius 3 is 3.13 bits per heavy atom. The molecule has 0 aliphatic heterocycles. The van der Waals surface area contributed by atoms with E-state index in [1.807, 2.05) is 17.9 Å². The summed E-state index contributed by atoms with van der Waals surface area (Å²) < 4.78 is 0. The number of aromatic nitrogens is 1. The summed E-state index contributed by atoms with van der Waals surface area (Å²) in [5, 5.41) is 2.05. The Labute approximate surface area is 94.1 Å². The molecule has 4 heteroatoms. The Hall–Kier alpha value is -0.740. The van der Waals surface area contributed by atoms with Crippen molar-refractivity contribution < 1.29 is 4.79 Å². The first kappa shape index (κ1) is 10.8. The highest BCUT2D eigenvalue weighted by Gasteiger charge is 2.25. The molecule has 2 rings (SSSR count). The molecule has 0 N–H and O–H groups in total. The van der Waals surface area contributed by atoms with Crippen molar-refractivity contribution in [2.24, 2.45) is 0 Å². The van der Waals surface area contributed by atoms with Gasteiger partial charge in [-0.05, 0) is 19.9 Å². The topological polar surface area (TPSA) is 33.2 Å². The van der Waals surface area contributed by atoms with Crippen LogP contribution in [-0.4, -0.2) is 28.8 Å². The standard InChI is InChI=1S/C11H16N2OS/c1-13(6-9-7-15-8-12-9)10-4-2-3-5-11(10)14/h7-8,10H,2-6H2,1H3. The van der Waals surface area contributed by atoms with Crippen molar-refractivity contribution in [3.8, 4) is 0 Å². The van der Waals surface area contributed by atoms with Crippen molar-refractivity contribution in [2.75, 3.05) is 7.05 Å². The number of likely N-dealkylation sites (N-methyl/N-ethyl adjacent to an activating group) is 1. The van der Waals surface area contributed by atoms with Gasteiger partial charge in [-0.1, -0.05) is 6.42 Å². The van der Waals surface area contributed by atoms with Crippen molar-refractivity contribution in [1.29, 1.82) is 0 Å². The van der Waals surface area contributed by atoms with Gasteiger partial charge >= 0.3 is 0 Å². The summed E-state index contributed by atoms with van der Waals surface area (Å²) in [6.45, 7) is 0.792. The van der Waals surface area contributed by atoms with E-state index in [2.05, 4.69) is 9.88 Å². The van der Waals surface area contributed by atoms with Gasteiger partial charge in [0, 0.05) is 18.3 Å². The van der Waals surface area contributed by atoms with Gasteiger partial charge in [0.2, 0.25) is 0 Å². The second kappa shape index (κ2) is 4.86. The summed E-state index contributed by atoms with van der Waals surface area (Å²) in [5.74, 6) is 0.402. The first-order valence-electron chi connectivity index (χ1n) is 5.37. The molecule has 0 aromatic carbocycles. The molecule has 1 heterocycles. The van der Waals surface area contributed by atoms with Gasteiger partial charge in [-0.3, -0.25) is 9.69 Å². The van der Waals surface area contributed by atoms with Gasteiger partial charge in [0.25, 0.3) is 0 Å². The molecule has 1 aromatic heterocycles. The molecule has 0 saturated heterocycles. The van der Waals surface area contributed by atoms with Crippen LogP contribution in [0, 0.1) is 0 Å². The van der Waals surface area contributed by atoms with Crippen LogP contribution in [0.4, 0.5) is 0 Å². The maximum Gasteiger partial charge on any atom is 0.149 e. The maximum atomic E-state index is 11.7. The van der Waals surface area contributed by atoms with Crippen LogP contribution in [0.2, 0.25) is 0 Å². The Bertz CT molecular complexity index is 323. The minimum absolute atomic E-state index is 0.125. The molecule has 1 atom stereocenters. The third-order valence-corrected chi connectivity index (χ3v) is 3.58. The fourth-order valence-electron chi connectivity index (χ4n) is 2.11. The lowest BCUT2D eigenvalue weighted by Gasteiger charge is -2.29. The lowest BCUT2D eigenvalue weighted by atomic mass is 9.93. The predicted octanol–water partition coefficient (Wildman–Crippen LogP) is 2.09. The molecule has 0 radical (unpaired) electrons. The van der Waals surface area contributed by atoms with Gasteiger partial charge in [0.05, 0.1) is 17.2 Å². The van der Waals surface area contributed by atoms with E-state index < -0.39 is 0 Å². The zero-order valence-corrected chi connectivity index (χ0v) is 9.80. The first-order valence-corrected chi connectivity index (χ1v) is 6.31. The molecule has 3 nitrogen and oxygen atoms in total. The maximum absolute atomic E-state index is 11.7. The predicted molar refractivity (Wildman–Crippen MR) is 60.8 cm³/mol. The van der Waals surface area contributed by atoms with E-state index in [0.717, 1.165) is 31.5 Å². The van der Waals surface area contributed by atoms with Crippen molar-refractivity contribution in [3.63, 3.8) is 0 Å². The number of hydrogen-bond acceptors (Lipinski definition) is 4. The zero-order valence-electron chi connectivity index (χ0n) is 8.98. The number of ketones is 1. The van der Waals surface area contributed by atoms with Gasteiger partial charge in [0.1, 0.15) is 5.78 Å². The Morgan fingerprint density at radius 1 is 1.60 bits per heavy atom. The molecular formula is C11H16N2OS. The van der Waals surface area contributed by atoms with Crippen LogP contribution in [0.25, 0.3) is 0 Å². The Balaban J connectivity index is 1.94. The minimum Gasteiger partial charge on any atom is -0.298 e. The molecule has 1 saturated carbocycles. The monoisotopic (exact) mass is 224 g/mol. The normalized spacial score (nSPS) is 22.3. The summed E-state index contributed by atoms with van der Waals surface area (Å²) in [6.07, 6.45) is 4.02. The highest BCUT2D eigenvalue weighted by molar-refractivity contribution is 7.07. The second-order valence-corrected chi connectivity index (χ2v) is 4.84. The minimum atomic E-state index is 0.125. The third kappa shape index (κ3) is 2.63. The summed E-state index contributed by atoms with van der Waals surface area (Å²) in [5.41, 5.74) is 2.91. The summed E-state index contributed by atoms with van der Waals surface area (Å²) in [4.78, 5) is 18.1. The first-order chi connectivity index (χ1) is 7.27. The summed E-state index contributed by atoms with van der Waals surface area (Å²) in [7, 11) is 2.02. The van der Waals surface area contributed by atoms with Gasteiger partial charge < -0.3 is 0 Å². The lowest BCUT2D eigenvalue weighted by Crippen LogP contribution is -2.39. The van der Waals surface area contributed by atoms with E-state index in [4.69, 9.17) is 0 Å². The van der Waals surface area contributed by atoms with Crippen LogP contribution in [0.1, 0.15) is 31.4 Å². The van der Waals surface area contributed by atoms with Gasteiger partial charge in [0.15, 0.2) is 0 Å². The SMILES string of the molecule is CN(Cc1cscn1)C1CCCCC1=O. The molecule has 1 aliphatic rings. The number of carbonyl (C=O) groups is 1. The molecule has 0 amide bonds. The van der Waals surface area contributed by atoms with Crippen LogP contribution >= 0.6 is 11.3 Å². The van der Waals surface area contributed by atoms with E-state index in [-0.39, 0.29) is 6.04 Å². The van der Waals surface area contributed by atoms with E-state index >= 15 is 0 Å². The number of rotatable bonds is 3. The Kier molecular flexibility index (Phi) is 3.49. The fourth-order valence-corrected chi connectivity index (χ4v) is 2.66. The molecule has 82 valence electrons. The van der Waals surface area contributed by atoms with Crippen LogP contribution < -0.4 is 0 Å². The van der Waals surface area contributed by atoms with Crippen LogP contribution in [-0.2, 0) is 11.3 Å². The Morgan fingerprint density at radius 2 is 2.47 bits per heavy atom. The highest BCUT2D eigenvalue weighted by atomic mass is 32.1. The average molecular weight is 224 g/mol. The number of Topliss-reactive ketones (excluding diaryl/α,β-unsaturated/α-hetero) is 1. The largest absolute Gasteiger partial charge is 0.298 e. The third-order valence-electron chi connectivity index (χ3n) is 2.95. The molecule has 1 fully saturated rings. The number of hydrogen-bond donors (Lipinski definition) is 0. The lowest BCUT2D eigenvalue weighted by molar-refractivity contribution is -0.125. The average Bonchev–Trinajstić information content (AvgIpc) is 2.71. The molecular weight excluding hydrogens is 208 g/mol. The fraction of sp³-hybridized carbons (Fsp3) is 0.636. The smallest absolute Gasteiger partial charge is 0.149 e. The molecule has 0 spiro atoms. The highest BCUT2D eigenvalue weighted by Crippen LogP contribution is 2.20.